The average molecular weight is 190 g/mol. The molecule has 0 amide bonds. The fraction of sp³-hybridized carbons (Fsp3) is 1.00. The standard InChI is InChI=1S/C10H20ClN/c1-2-12(8-7-11)9-10-5-3-4-6-10/h10H,2-9H2,1H3. The molecule has 1 aliphatic rings. The molecule has 0 spiro atoms. The van der Waals surface area contributed by atoms with Gasteiger partial charge >= 0.3 is 0 Å². The van der Waals surface area contributed by atoms with E-state index in [4.69, 9.17) is 11.6 Å². The van der Waals surface area contributed by atoms with Crippen LogP contribution in [-0.4, -0.2) is 30.4 Å². The maximum absolute atomic E-state index is 5.72. The van der Waals surface area contributed by atoms with Gasteiger partial charge in [-0.25, -0.2) is 0 Å². The Bertz CT molecular complexity index is 110. The summed E-state index contributed by atoms with van der Waals surface area (Å²) in [7, 11) is 0. The first kappa shape index (κ1) is 10.3. The predicted octanol–water partition coefficient (Wildman–Crippen LogP) is 2.74. The number of alkyl halides is 1. The second-order valence-electron chi connectivity index (χ2n) is 3.73. The van der Waals surface area contributed by atoms with Crippen molar-refractivity contribution >= 4 is 11.6 Å². The number of hydrogen-bond acceptors (Lipinski definition) is 1. The summed E-state index contributed by atoms with van der Waals surface area (Å²) in [5.41, 5.74) is 0. The molecule has 0 unspecified atom stereocenters. The van der Waals surface area contributed by atoms with E-state index in [9.17, 15) is 0 Å². The summed E-state index contributed by atoms with van der Waals surface area (Å²) in [6.45, 7) is 5.72. The molecule has 1 saturated carbocycles. The Morgan fingerprint density at radius 3 is 2.50 bits per heavy atom. The van der Waals surface area contributed by atoms with Gasteiger partial charge in [-0.05, 0) is 25.3 Å². The van der Waals surface area contributed by atoms with E-state index in [-0.39, 0.29) is 0 Å². The SMILES string of the molecule is CCN(CCCl)CC1CCCC1. The van der Waals surface area contributed by atoms with Gasteiger partial charge in [0.15, 0.2) is 0 Å². The molecule has 0 aromatic rings. The van der Waals surface area contributed by atoms with Gasteiger partial charge in [0.2, 0.25) is 0 Å². The summed E-state index contributed by atoms with van der Waals surface area (Å²) in [5.74, 6) is 1.74. The van der Waals surface area contributed by atoms with Crippen molar-refractivity contribution in [3.8, 4) is 0 Å². The van der Waals surface area contributed by atoms with Crippen molar-refractivity contribution in [1.82, 2.24) is 4.90 Å². The molecule has 0 radical (unpaired) electrons. The van der Waals surface area contributed by atoms with Crippen LogP contribution in [-0.2, 0) is 0 Å². The van der Waals surface area contributed by atoms with Gasteiger partial charge in [-0.2, -0.15) is 0 Å². The van der Waals surface area contributed by atoms with Gasteiger partial charge in [0, 0.05) is 19.0 Å². The van der Waals surface area contributed by atoms with Crippen molar-refractivity contribution in [2.75, 3.05) is 25.5 Å². The van der Waals surface area contributed by atoms with E-state index in [1.807, 2.05) is 0 Å². The van der Waals surface area contributed by atoms with E-state index in [0.717, 1.165) is 24.9 Å². The van der Waals surface area contributed by atoms with Gasteiger partial charge in [-0.3, -0.25) is 0 Å². The number of rotatable bonds is 5. The van der Waals surface area contributed by atoms with Crippen LogP contribution < -0.4 is 0 Å². The summed E-state index contributed by atoms with van der Waals surface area (Å²) in [5, 5.41) is 0. The Kier molecular flexibility index (Phi) is 5.01. The predicted molar refractivity (Wildman–Crippen MR) is 54.8 cm³/mol. The van der Waals surface area contributed by atoms with Gasteiger partial charge < -0.3 is 4.90 Å². The summed E-state index contributed by atoms with van der Waals surface area (Å²) < 4.78 is 0. The lowest BCUT2D eigenvalue weighted by Crippen LogP contribution is -2.30. The molecule has 0 atom stereocenters. The van der Waals surface area contributed by atoms with Crippen LogP contribution in [0.2, 0.25) is 0 Å². The Morgan fingerprint density at radius 2 is 2.00 bits per heavy atom. The lowest BCUT2D eigenvalue weighted by Gasteiger charge is -2.22. The summed E-state index contributed by atoms with van der Waals surface area (Å²) in [6, 6.07) is 0. The lowest BCUT2D eigenvalue weighted by molar-refractivity contribution is 0.255. The highest BCUT2D eigenvalue weighted by molar-refractivity contribution is 6.18. The molecule has 0 saturated heterocycles. The third-order valence-corrected chi connectivity index (χ3v) is 3.01. The lowest BCUT2D eigenvalue weighted by atomic mass is 10.1. The molecule has 12 heavy (non-hydrogen) atoms. The minimum absolute atomic E-state index is 0.778. The van der Waals surface area contributed by atoms with E-state index >= 15 is 0 Å². The first-order chi connectivity index (χ1) is 5.86. The van der Waals surface area contributed by atoms with Crippen molar-refractivity contribution in [1.29, 1.82) is 0 Å². The van der Waals surface area contributed by atoms with Crippen LogP contribution in [0.25, 0.3) is 0 Å². The summed E-state index contributed by atoms with van der Waals surface area (Å²) in [6.07, 6.45) is 5.78. The molecule has 0 N–H and O–H groups in total. The van der Waals surface area contributed by atoms with Crippen molar-refractivity contribution in [2.45, 2.75) is 32.6 Å². The molecule has 72 valence electrons. The maximum Gasteiger partial charge on any atom is 0.0351 e. The molecular formula is C10H20ClN. The van der Waals surface area contributed by atoms with Crippen LogP contribution in [0.3, 0.4) is 0 Å². The van der Waals surface area contributed by atoms with Crippen molar-refractivity contribution in [3.63, 3.8) is 0 Å². The van der Waals surface area contributed by atoms with E-state index in [1.54, 1.807) is 0 Å². The Labute approximate surface area is 81.1 Å². The zero-order chi connectivity index (χ0) is 8.81. The number of nitrogens with zero attached hydrogens (tertiary/aromatic N) is 1. The molecular weight excluding hydrogens is 170 g/mol. The van der Waals surface area contributed by atoms with Gasteiger partial charge in [0.1, 0.15) is 0 Å². The van der Waals surface area contributed by atoms with Crippen LogP contribution in [0.15, 0.2) is 0 Å². The molecule has 1 aliphatic carbocycles. The highest BCUT2D eigenvalue weighted by Gasteiger charge is 2.17. The summed E-state index contributed by atoms with van der Waals surface area (Å²) in [4.78, 5) is 2.48. The first-order valence-electron chi connectivity index (χ1n) is 5.15. The Hall–Kier alpha value is 0.250. The van der Waals surface area contributed by atoms with Gasteiger partial charge in [-0.15, -0.1) is 11.6 Å². The van der Waals surface area contributed by atoms with Crippen LogP contribution in [0, 0.1) is 5.92 Å². The van der Waals surface area contributed by atoms with E-state index < -0.39 is 0 Å². The Balaban J connectivity index is 2.16. The topological polar surface area (TPSA) is 3.24 Å². The fourth-order valence-electron chi connectivity index (χ4n) is 2.06. The Morgan fingerprint density at radius 1 is 1.33 bits per heavy atom. The minimum atomic E-state index is 0.778. The molecule has 0 bridgehead atoms. The van der Waals surface area contributed by atoms with Crippen molar-refractivity contribution in [2.24, 2.45) is 5.92 Å². The maximum atomic E-state index is 5.72. The van der Waals surface area contributed by atoms with E-state index in [0.29, 0.717) is 0 Å². The molecule has 1 fully saturated rings. The molecule has 1 rings (SSSR count). The molecule has 0 aliphatic heterocycles. The molecule has 1 nitrogen and oxygen atoms in total. The smallest absolute Gasteiger partial charge is 0.0351 e. The van der Waals surface area contributed by atoms with Gasteiger partial charge in [0.25, 0.3) is 0 Å². The normalized spacial score (nSPS) is 19.2. The largest absolute Gasteiger partial charge is 0.302 e. The van der Waals surface area contributed by atoms with Crippen LogP contribution in [0.5, 0.6) is 0 Å². The average Bonchev–Trinajstić information content (AvgIpc) is 2.56. The van der Waals surface area contributed by atoms with Gasteiger partial charge in [-0.1, -0.05) is 19.8 Å². The number of hydrogen-bond donors (Lipinski definition) is 0. The van der Waals surface area contributed by atoms with Gasteiger partial charge in [0.05, 0.1) is 0 Å². The third-order valence-electron chi connectivity index (χ3n) is 2.84. The fourth-order valence-corrected chi connectivity index (χ4v) is 2.30. The van der Waals surface area contributed by atoms with Crippen molar-refractivity contribution in [3.05, 3.63) is 0 Å². The highest BCUT2D eigenvalue weighted by Crippen LogP contribution is 2.25. The highest BCUT2D eigenvalue weighted by atomic mass is 35.5. The third kappa shape index (κ3) is 3.32. The second-order valence-corrected chi connectivity index (χ2v) is 4.11. The van der Waals surface area contributed by atoms with Crippen molar-refractivity contribution < 1.29 is 0 Å². The van der Waals surface area contributed by atoms with E-state index in [1.165, 1.54) is 32.2 Å². The zero-order valence-electron chi connectivity index (χ0n) is 8.06. The zero-order valence-corrected chi connectivity index (χ0v) is 8.82. The first-order valence-corrected chi connectivity index (χ1v) is 5.68. The quantitative estimate of drug-likeness (QED) is 0.602. The number of halogens is 1. The molecule has 0 aromatic carbocycles. The van der Waals surface area contributed by atoms with Crippen LogP contribution in [0.1, 0.15) is 32.6 Å². The minimum Gasteiger partial charge on any atom is -0.302 e. The monoisotopic (exact) mass is 189 g/mol. The van der Waals surface area contributed by atoms with Crippen LogP contribution >= 0.6 is 11.6 Å². The molecule has 0 aromatic heterocycles. The second kappa shape index (κ2) is 5.82. The summed E-state index contributed by atoms with van der Waals surface area (Å²) >= 11 is 5.72. The van der Waals surface area contributed by atoms with E-state index in [2.05, 4.69) is 11.8 Å². The van der Waals surface area contributed by atoms with Crippen LogP contribution in [0.4, 0.5) is 0 Å². The molecule has 2 heteroatoms. The molecule has 0 heterocycles.